The van der Waals surface area contributed by atoms with Crippen LogP contribution in [-0.2, 0) is 4.74 Å². The molecule has 17 heavy (non-hydrogen) atoms. The molecule has 100 valence electrons. The number of piperidine rings is 1. The van der Waals surface area contributed by atoms with Crippen molar-refractivity contribution in [3.05, 3.63) is 0 Å². The third kappa shape index (κ3) is 5.84. The first kappa shape index (κ1) is 13.3. The molecule has 1 N–H and O–H groups in total. The van der Waals surface area contributed by atoms with Crippen molar-refractivity contribution < 1.29 is 4.74 Å². The molecule has 0 aromatic heterocycles. The second-order valence-corrected chi connectivity index (χ2v) is 5.80. The fraction of sp³-hybridized carbons (Fsp3) is 1.00. The lowest BCUT2D eigenvalue weighted by atomic mass is 9.94. The van der Waals surface area contributed by atoms with Crippen LogP contribution in [0.25, 0.3) is 0 Å². The molecule has 0 bridgehead atoms. The summed E-state index contributed by atoms with van der Waals surface area (Å²) in [6.45, 7) is 6.69. The Morgan fingerprint density at radius 3 is 2.53 bits per heavy atom. The zero-order valence-corrected chi connectivity index (χ0v) is 11.3. The van der Waals surface area contributed by atoms with Gasteiger partial charge in [-0.05, 0) is 70.6 Å². The van der Waals surface area contributed by atoms with Crippen molar-refractivity contribution >= 4 is 0 Å². The van der Waals surface area contributed by atoms with Gasteiger partial charge in [-0.1, -0.05) is 0 Å². The molecular formula is C14H28N2O. The highest BCUT2D eigenvalue weighted by molar-refractivity contribution is 4.72. The molecule has 1 saturated heterocycles. The van der Waals surface area contributed by atoms with E-state index in [2.05, 4.69) is 17.3 Å². The second-order valence-electron chi connectivity index (χ2n) is 5.80. The van der Waals surface area contributed by atoms with Crippen LogP contribution in [0.2, 0.25) is 0 Å². The van der Waals surface area contributed by atoms with Crippen molar-refractivity contribution in [1.29, 1.82) is 0 Å². The lowest BCUT2D eigenvalue weighted by Crippen LogP contribution is -2.31. The van der Waals surface area contributed by atoms with E-state index in [0.29, 0.717) is 0 Å². The zero-order chi connectivity index (χ0) is 11.9. The van der Waals surface area contributed by atoms with Gasteiger partial charge in [0.25, 0.3) is 0 Å². The third-order valence-corrected chi connectivity index (χ3v) is 4.05. The van der Waals surface area contributed by atoms with Gasteiger partial charge in [-0.15, -0.1) is 0 Å². The molecule has 0 atom stereocenters. The molecule has 0 radical (unpaired) electrons. The van der Waals surface area contributed by atoms with E-state index in [-0.39, 0.29) is 0 Å². The van der Waals surface area contributed by atoms with E-state index in [9.17, 15) is 0 Å². The minimum atomic E-state index is 0.898. The Labute approximate surface area is 106 Å². The summed E-state index contributed by atoms with van der Waals surface area (Å²) < 4.78 is 5.67. The largest absolute Gasteiger partial charge is 0.380 e. The van der Waals surface area contributed by atoms with E-state index in [1.165, 1.54) is 51.7 Å². The van der Waals surface area contributed by atoms with Crippen LogP contribution < -0.4 is 5.32 Å². The SMILES string of the molecule is CN(CCOCC1CC1)CCC1CCNCC1. The monoisotopic (exact) mass is 240 g/mol. The molecule has 0 aromatic carbocycles. The molecule has 1 saturated carbocycles. The van der Waals surface area contributed by atoms with Gasteiger partial charge in [0.2, 0.25) is 0 Å². The fourth-order valence-electron chi connectivity index (χ4n) is 2.44. The van der Waals surface area contributed by atoms with E-state index < -0.39 is 0 Å². The molecule has 1 aliphatic heterocycles. The number of hydrogen-bond donors (Lipinski definition) is 1. The van der Waals surface area contributed by atoms with E-state index in [4.69, 9.17) is 4.74 Å². The van der Waals surface area contributed by atoms with Gasteiger partial charge in [-0.25, -0.2) is 0 Å². The fourth-order valence-corrected chi connectivity index (χ4v) is 2.44. The van der Waals surface area contributed by atoms with Crippen LogP contribution in [-0.4, -0.2) is 51.3 Å². The van der Waals surface area contributed by atoms with Gasteiger partial charge >= 0.3 is 0 Å². The number of likely N-dealkylation sites (N-methyl/N-ethyl adjacent to an activating group) is 1. The van der Waals surface area contributed by atoms with Crippen LogP contribution in [0.15, 0.2) is 0 Å². The van der Waals surface area contributed by atoms with Gasteiger partial charge in [0.05, 0.1) is 6.61 Å². The summed E-state index contributed by atoms with van der Waals surface area (Å²) in [5.41, 5.74) is 0. The first-order chi connectivity index (χ1) is 8.34. The Kier molecular flexibility index (Phi) is 5.75. The first-order valence-electron chi connectivity index (χ1n) is 7.31. The van der Waals surface area contributed by atoms with Crippen molar-refractivity contribution in [2.75, 3.05) is 46.4 Å². The second kappa shape index (κ2) is 7.34. The average molecular weight is 240 g/mol. The van der Waals surface area contributed by atoms with Crippen molar-refractivity contribution in [3.63, 3.8) is 0 Å². The highest BCUT2D eigenvalue weighted by Gasteiger charge is 2.21. The van der Waals surface area contributed by atoms with Crippen molar-refractivity contribution in [1.82, 2.24) is 10.2 Å². The van der Waals surface area contributed by atoms with Crippen LogP contribution in [0.1, 0.15) is 32.1 Å². The lowest BCUT2D eigenvalue weighted by Gasteiger charge is -2.25. The van der Waals surface area contributed by atoms with Crippen LogP contribution >= 0.6 is 0 Å². The number of rotatable bonds is 8. The summed E-state index contributed by atoms with van der Waals surface area (Å²) in [6.07, 6.45) is 6.88. The Balaban J connectivity index is 1.43. The number of nitrogens with zero attached hydrogens (tertiary/aromatic N) is 1. The highest BCUT2D eigenvalue weighted by atomic mass is 16.5. The van der Waals surface area contributed by atoms with E-state index in [0.717, 1.165) is 31.6 Å². The number of nitrogens with one attached hydrogen (secondary N) is 1. The molecule has 0 unspecified atom stereocenters. The average Bonchev–Trinajstić information content (AvgIpc) is 3.17. The molecule has 0 amide bonds. The van der Waals surface area contributed by atoms with Gasteiger partial charge < -0.3 is 15.0 Å². The van der Waals surface area contributed by atoms with Gasteiger partial charge in [-0.3, -0.25) is 0 Å². The molecule has 3 nitrogen and oxygen atoms in total. The molecule has 1 aliphatic carbocycles. The summed E-state index contributed by atoms with van der Waals surface area (Å²) in [5, 5.41) is 3.43. The topological polar surface area (TPSA) is 24.5 Å². The van der Waals surface area contributed by atoms with Gasteiger partial charge in [0, 0.05) is 13.2 Å². The predicted octanol–water partition coefficient (Wildman–Crippen LogP) is 1.73. The molecule has 0 spiro atoms. The maximum absolute atomic E-state index is 5.67. The molecule has 2 rings (SSSR count). The third-order valence-electron chi connectivity index (χ3n) is 4.05. The van der Waals surface area contributed by atoms with Crippen molar-refractivity contribution in [3.8, 4) is 0 Å². The first-order valence-corrected chi connectivity index (χ1v) is 7.31. The van der Waals surface area contributed by atoms with Gasteiger partial charge in [0.15, 0.2) is 0 Å². The Morgan fingerprint density at radius 1 is 1.06 bits per heavy atom. The number of hydrogen-bond acceptors (Lipinski definition) is 3. The van der Waals surface area contributed by atoms with Crippen molar-refractivity contribution in [2.45, 2.75) is 32.1 Å². The summed E-state index contributed by atoms with van der Waals surface area (Å²) in [7, 11) is 2.22. The van der Waals surface area contributed by atoms with Crippen molar-refractivity contribution in [2.24, 2.45) is 11.8 Å². The Bertz CT molecular complexity index is 200. The maximum Gasteiger partial charge on any atom is 0.0593 e. The maximum atomic E-state index is 5.67. The normalized spacial score (nSPS) is 22.2. The standard InChI is InChI=1S/C14H28N2O/c1-16(10-11-17-12-14-2-3-14)9-6-13-4-7-15-8-5-13/h13-15H,2-12H2,1H3. The molecule has 0 aromatic rings. The van der Waals surface area contributed by atoms with E-state index in [1.54, 1.807) is 0 Å². The molecule has 3 heteroatoms. The minimum Gasteiger partial charge on any atom is -0.380 e. The Morgan fingerprint density at radius 2 is 1.82 bits per heavy atom. The van der Waals surface area contributed by atoms with Crippen LogP contribution in [0.5, 0.6) is 0 Å². The van der Waals surface area contributed by atoms with Crippen LogP contribution in [0, 0.1) is 11.8 Å². The zero-order valence-electron chi connectivity index (χ0n) is 11.3. The highest BCUT2D eigenvalue weighted by Crippen LogP contribution is 2.28. The summed E-state index contributed by atoms with van der Waals surface area (Å²) >= 11 is 0. The summed E-state index contributed by atoms with van der Waals surface area (Å²) in [6, 6.07) is 0. The molecule has 2 fully saturated rings. The smallest absolute Gasteiger partial charge is 0.0593 e. The van der Waals surface area contributed by atoms with Gasteiger partial charge in [-0.2, -0.15) is 0 Å². The Hall–Kier alpha value is -0.120. The van der Waals surface area contributed by atoms with Gasteiger partial charge in [0.1, 0.15) is 0 Å². The van der Waals surface area contributed by atoms with Crippen LogP contribution in [0.3, 0.4) is 0 Å². The quantitative estimate of drug-likeness (QED) is 0.654. The molecule has 2 aliphatic rings. The lowest BCUT2D eigenvalue weighted by molar-refractivity contribution is 0.101. The summed E-state index contributed by atoms with van der Waals surface area (Å²) in [5.74, 6) is 1.85. The summed E-state index contributed by atoms with van der Waals surface area (Å²) in [4.78, 5) is 2.43. The van der Waals surface area contributed by atoms with E-state index >= 15 is 0 Å². The number of ether oxygens (including phenoxy) is 1. The molecular weight excluding hydrogens is 212 g/mol. The van der Waals surface area contributed by atoms with E-state index in [1.807, 2.05) is 0 Å². The molecule has 1 heterocycles. The predicted molar refractivity (Wildman–Crippen MR) is 71.3 cm³/mol. The van der Waals surface area contributed by atoms with Crippen LogP contribution in [0.4, 0.5) is 0 Å². The minimum absolute atomic E-state index is 0.898.